The Labute approximate surface area is 212 Å². The Balaban J connectivity index is 1.65. The molecule has 2 aromatic carbocycles. The van der Waals surface area contributed by atoms with Crippen LogP contribution in [-0.4, -0.2) is 55.1 Å². The number of aromatic nitrogens is 1. The monoisotopic (exact) mass is 496 g/mol. The van der Waals surface area contributed by atoms with Gasteiger partial charge in [-0.15, -0.1) is 0 Å². The number of aromatic amines is 1. The fourth-order valence-electron chi connectivity index (χ4n) is 5.05. The van der Waals surface area contributed by atoms with Crippen LogP contribution in [-0.2, 0) is 4.74 Å². The second kappa shape index (κ2) is 10.0. The molecule has 0 saturated carbocycles. The van der Waals surface area contributed by atoms with Gasteiger partial charge in [0.05, 0.1) is 26.5 Å². The summed E-state index contributed by atoms with van der Waals surface area (Å²) >= 11 is 0. The molecule has 36 heavy (non-hydrogen) atoms. The number of nitrogens with zero attached hydrogens (tertiary/aromatic N) is 1. The topological polar surface area (TPSA) is 63.8 Å². The molecule has 3 aromatic rings. The molecule has 0 radical (unpaired) electrons. The number of amides is 1. The summed E-state index contributed by atoms with van der Waals surface area (Å²) in [5, 5.41) is 1.09. The van der Waals surface area contributed by atoms with Gasteiger partial charge in [0.1, 0.15) is 11.8 Å². The zero-order valence-electron chi connectivity index (χ0n) is 22.3. The van der Waals surface area contributed by atoms with Gasteiger partial charge in [-0.1, -0.05) is 19.9 Å². The molecule has 194 valence electrons. The first-order valence-electron chi connectivity index (χ1n) is 12.5. The molecule has 4 rings (SSSR count). The molecule has 0 spiro atoms. The SMILES string of the molecule is COc1ccc(-c2[nH]c3ccc(C4CCN(C(=O)OC(C)(C)C)CC4F)cc3c2C(C)C)cc1OC. The summed E-state index contributed by atoms with van der Waals surface area (Å²) in [7, 11) is 3.25. The Morgan fingerprint density at radius 2 is 1.81 bits per heavy atom. The van der Waals surface area contributed by atoms with E-state index in [-0.39, 0.29) is 18.4 Å². The lowest BCUT2D eigenvalue weighted by molar-refractivity contribution is 0.0111. The van der Waals surface area contributed by atoms with E-state index in [1.165, 1.54) is 10.5 Å². The standard InChI is InChI=1S/C29H37FN2O4/c1-17(2)26-21-14-18(20-12-13-32(16-22(20)30)28(33)36-29(3,4)5)8-10-23(21)31-27(26)19-9-11-24(34-6)25(15-19)35-7/h8-11,14-15,17,20,22,31H,12-13,16H2,1-7H3. The van der Waals surface area contributed by atoms with Crippen molar-refractivity contribution in [3.8, 4) is 22.8 Å². The zero-order chi connectivity index (χ0) is 26.2. The number of halogens is 1. The molecule has 1 aliphatic rings. The molecule has 1 aromatic heterocycles. The van der Waals surface area contributed by atoms with Crippen molar-refractivity contribution in [1.82, 2.24) is 9.88 Å². The summed E-state index contributed by atoms with van der Waals surface area (Å²) in [5.41, 5.74) is 4.57. The van der Waals surface area contributed by atoms with E-state index in [1.807, 2.05) is 51.1 Å². The van der Waals surface area contributed by atoms with Gasteiger partial charge in [0.2, 0.25) is 0 Å². The highest BCUT2D eigenvalue weighted by Gasteiger charge is 2.34. The normalized spacial score (nSPS) is 18.5. The molecular weight excluding hydrogens is 459 g/mol. The largest absolute Gasteiger partial charge is 0.493 e. The van der Waals surface area contributed by atoms with Crippen molar-refractivity contribution >= 4 is 17.0 Å². The van der Waals surface area contributed by atoms with Crippen molar-refractivity contribution in [3.05, 3.63) is 47.5 Å². The Bertz CT molecular complexity index is 1240. The summed E-state index contributed by atoms with van der Waals surface area (Å²) in [6.45, 7) is 10.3. The number of carbonyl (C=O) groups excluding carboxylic acids is 1. The molecule has 1 aliphatic heterocycles. The molecule has 1 N–H and O–H groups in total. The van der Waals surface area contributed by atoms with Crippen LogP contribution in [0.1, 0.15) is 64.0 Å². The van der Waals surface area contributed by atoms with Crippen LogP contribution in [0.4, 0.5) is 9.18 Å². The lowest BCUT2D eigenvalue weighted by Crippen LogP contribution is -2.46. The number of H-pyrrole nitrogens is 1. The number of hydrogen-bond acceptors (Lipinski definition) is 4. The van der Waals surface area contributed by atoms with E-state index in [0.717, 1.165) is 27.7 Å². The van der Waals surface area contributed by atoms with E-state index in [4.69, 9.17) is 14.2 Å². The highest BCUT2D eigenvalue weighted by atomic mass is 19.1. The van der Waals surface area contributed by atoms with Crippen molar-refractivity contribution in [3.63, 3.8) is 0 Å². The maximum absolute atomic E-state index is 15.4. The van der Waals surface area contributed by atoms with Gasteiger partial charge in [0.15, 0.2) is 11.5 Å². The van der Waals surface area contributed by atoms with Gasteiger partial charge in [-0.05, 0) is 74.6 Å². The first kappa shape index (κ1) is 25.9. The number of fused-ring (bicyclic) bond motifs is 1. The van der Waals surface area contributed by atoms with Gasteiger partial charge in [0.25, 0.3) is 0 Å². The van der Waals surface area contributed by atoms with E-state index < -0.39 is 17.9 Å². The van der Waals surface area contributed by atoms with Crippen molar-refractivity contribution in [1.29, 1.82) is 0 Å². The van der Waals surface area contributed by atoms with Crippen LogP contribution in [0.3, 0.4) is 0 Å². The number of alkyl halides is 1. The number of carbonyl (C=O) groups is 1. The smallest absolute Gasteiger partial charge is 0.410 e. The van der Waals surface area contributed by atoms with Gasteiger partial charge in [0, 0.05) is 28.9 Å². The molecule has 0 aliphatic carbocycles. The zero-order valence-corrected chi connectivity index (χ0v) is 22.3. The fourth-order valence-corrected chi connectivity index (χ4v) is 5.05. The van der Waals surface area contributed by atoms with Gasteiger partial charge >= 0.3 is 6.09 Å². The maximum atomic E-state index is 15.4. The fraction of sp³-hybridized carbons (Fsp3) is 0.483. The second-order valence-electron chi connectivity index (χ2n) is 10.8. The highest BCUT2D eigenvalue weighted by Crippen LogP contribution is 2.41. The van der Waals surface area contributed by atoms with Crippen molar-refractivity contribution in [2.24, 2.45) is 0 Å². The van der Waals surface area contributed by atoms with E-state index in [0.29, 0.717) is 24.5 Å². The lowest BCUT2D eigenvalue weighted by atomic mass is 9.86. The van der Waals surface area contributed by atoms with Crippen LogP contribution in [0.5, 0.6) is 11.5 Å². The average molecular weight is 497 g/mol. The number of likely N-dealkylation sites (tertiary alicyclic amines) is 1. The second-order valence-corrected chi connectivity index (χ2v) is 10.8. The molecular formula is C29H37FN2O4. The summed E-state index contributed by atoms with van der Waals surface area (Å²) in [6.07, 6.45) is -1.06. The minimum absolute atomic E-state index is 0.0404. The van der Waals surface area contributed by atoms with E-state index in [1.54, 1.807) is 14.2 Å². The number of ether oxygens (including phenoxy) is 3. The third-order valence-electron chi connectivity index (χ3n) is 6.73. The van der Waals surface area contributed by atoms with Crippen molar-refractivity contribution in [2.75, 3.05) is 27.3 Å². The third-order valence-corrected chi connectivity index (χ3v) is 6.73. The van der Waals surface area contributed by atoms with Crippen LogP contribution >= 0.6 is 0 Å². The Hall–Kier alpha value is -3.22. The van der Waals surface area contributed by atoms with Crippen molar-refractivity contribution < 1.29 is 23.4 Å². The number of methoxy groups -OCH3 is 2. The molecule has 1 fully saturated rings. The van der Waals surface area contributed by atoms with E-state index in [2.05, 4.69) is 24.9 Å². The van der Waals surface area contributed by atoms with Crippen LogP contribution in [0.2, 0.25) is 0 Å². The lowest BCUT2D eigenvalue weighted by Gasteiger charge is -2.35. The van der Waals surface area contributed by atoms with E-state index >= 15 is 4.39 Å². The summed E-state index contributed by atoms with van der Waals surface area (Å²) in [4.78, 5) is 17.5. The van der Waals surface area contributed by atoms with Crippen LogP contribution in [0.25, 0.3) is 22.2 Å². The summed E-state index contributed by atoms with van der Waals surface area (Å²) < 4.78 is 31.7. The maximum Gasteiger partial charge on any atom is 0.410 e. The summed E-state index contributed by atoms with van der Waals surface area (Å²) in [5.74, 6) is 1.32. The molecule has 6 nitrogen and oxygen atoms in total. The minimum atomic E-state index is -1.16. The third kappa shape index (κ3) is 5.15. The molecule has 7 heteroatoms. The number of piperidine rings is 1. The number of hydrogen-bond donors (Lipinski definition) is 1. The number of rotatable bonds is 5. The first-order chi connectivity index (χ1) is 17.0. The predicted molar refractivity (Wildman–Crippen MR) is 141 cm³/mol. The van der Waals surface area contributed by atoms with Crippen molar-refractivity contribution in [2.45, 2.75) is 64.6 Å². The van der Waals surface area contributed by atoms with Gasteiger partial charge < -0.3 is 24.1 Å². The Kier molecular flexibility index (Phi) is 7.21. The molecule has 2 unspecified atom stereocenters. The van der Waals surface area contributed by atoms with Crippen LogP contribution in [0.15, 0.2) is 36.4 Å². The Morgan fingerprint density at radius 1 is 1.08 bits per heavy atom. The molecule has 2 heterocycles. The minimum Gasteiger partial charge on any atom is -0.493 e. The number of benzene rings is 2. The van der Waals surface area contributed by atoms with Gasteiger partial charge in [-0.2, -0.15) is 0 Å². The molecule has 1 saturated heterocycles. The molecule has 2 atom stereocenters. The quantitative estimate of drug-likeness (QED) is 0.412. The average Bonchev–Trinajstić information content (AvgIpc) is 3.21. The highest BCUT2D eigenvalue weighted by molar-refractivity contribution is 5.92. The Morgan fingerprint density at radius 3 is 2.42 bits per heavy atom. The van der Waals surface area contributed by atoms with E-state index in [9.17, 15) is 4.79 Å². The predicted octanol–water partition coefficient (Wildman–Crippen LogP) is 7.04. The van der Waals surface area contributed by atoms with Crippen LogP contribution in [0, 0.1) is 0 Å². The molecule has 1 amide bonds. The number of nitrogens with one attached hydrogen (secondary N) is 1. The van der Waals surface area contributed by atoms with Crippen LogP contribution < -0.4 is 9.47 Å². The first-order valence-corrected chi connectivity index (χ1v) is 12.5. The molecule has 0 bridgehead atoms. The van der Waals surface area contributed by atoms with Gasteiger partial charge in [-0.25, -0.2) is 9.18 Å². The summed E-state index contributed by atoms with van der Waals surface area (Å²) in [6, 6.07) is 12.0. The van der Waals surface area contributed by atoms with Gasteiger partial charge in [-0.3, -0.25) is 0 Å².